The van der Waals surface area contributed by atoms with Crippen LogP contribution in [0.5, 0.6) is 11.5 Å². The second kappa shape index (κ2) is 12.5. The van der Waals surface area contributed by atoms with Crippen LogP contribution in [-0.2, 0) is 11.2 Å². The van der Waals surface area contributed by atoms with E-state index in [4.69, 9.17) is 16.3 Å². The predicted octanol–water partition coefficient (Wildman–Crippen LogP) is 7.16. The summed E-state index contributed by atoms with van der Waals surface area (Å²) in [5, 5.41) is 12.3. The molecule has 4 rings (SSSR count). The van der Waals surface area contributed by atoms with Crippen LogP contribution in [0.3, 0.4) is 0 Å². The summed E-state index contributed by atoms with van der Waals surface area (Å²) in [6.45, 7) is -3.34. The van der Waals surface area contributed by atoms with Gasteiger partial charge in [-0.1, -0.05) is 17.7 Å². The van der Waals surface area contributed by atoms with E-state index < -0.39 is 48.0 Å². The summed E-state index contributed by atoms with van der Waals surface area (Å²) in [5.74, 6) is -5.00. The zero-order valence-electron chi connectivity index (χ0n) is 20.8. The lowest BCUT2D eigenvalue weighted by Gasteiger charge is -2.22. The molecule has 0 aromatic heterocycles. The van der Waals surface area contributed by atoms with Crippen molar-refractivity contribution in [3.05, 3.63) is 118 Å². The van der Waals surface area contributed by atoms with Crippen LogP contribution in [0.4, 0.5) is 28.9 Å². The molecule has 210 valence electrons. The summed E-state index contributed by atoms with van der Waals surface area (Å²) in [6.07, 6.45) is -0.452. The van der Waals surface area contributed by atoms with Gasteiger partial charge in [-0.25, -0.2) is 8.78 Å². The molecular weight excluding hydrogens is 568 g/mol. The van der Waals surface area contributed by atoms with Gasteiger partial charge in [0.25, 0.3) is 11.8 Å². The number of carbonyl (C=O) groups is 3. The van der Waals surface area contributed by atoms with Crippen molar-refractivity contribution in [1.82, 2.24) is 0 Å². The minimum atomic E-state index is -3.34. The lowest BCUT2D eigenvalue weighted by molar-refractivity contribution is -0.136. The molecule has 0 spiro atoms. The Morgan fingerprint density at radius 1 is 0.902 bits per heavy atom. The molecule has 0 fully saturated rings. The lowest BCUT2D eigenvalue weighted by atomic mass is 10.1. The molecule has 4 aromatic carbocycles. The zero-order chi connectivity index (χ0) is 29.7. The van der Waals surface area contributed by atoms with Crippen LogP contribution in [0, 0.1) is 11.6 Å². The number of rotatable bonds is 9. The van der Waals surface area contributed by atoms with Crippen molar-refractivity contribution in [3.8, 4) is 11.5 Å². The molecule has 0 radical (unpaired) electrons. The van der Waals surface area contributed by atoms with Gasteiger partial charge in [-0.3, -0.25) is 19.3 Å². The van der Waals surface area contributed by atoms with Crippen LogP contribution in [0.2, 0.25) is 5.02 Å². The molecule has 0 bridgehead atoms. The lowest BCUT2D eigenvalue weighted by Crippen LogP contribution is -2.36. The summed E-state index contributed by atoms with van der Waals surface area (Å²) >= 11 is 5.93. The fourth-order valence-corrected chi connectivity index (χ4v) is 4.00. The number of hydrogen-bond acceptors (Lipinski definition) is 4. The van der Waals surface area contributed by atoms with Crippen LogP contribution in [0.15, 0.2) is 84.9 Å². The summed E-state index contributed by atoms with van der Waals surface area (Å²) < 4.78 is 60.5. The number of anilines is 2. The van der Waals surface area contributed by atoms with Gasteiger partial charge in [0.05, 0.1) is 12.0 Å². The van der Waals surface area contributed by atoms with Crippen LogP contribution in [0.1, 0.15) is 26.3 Å². The molecule has 0 unspecified atom stereocenters. The van der Waals surface area contributed by atoms with Gasteiger partial charge < -0.3 is 15.2 Å². The van der Waals surface area contributed by atoms with E-state index in [1.165, 1.54) is 42.5 Å². The van der Waals surface area contributed by atoms with Crippen molar-refractivity contribution >= 4 is 40.8 Å². The van der Waals surface area contributed by atoms with Crippen molar-refractivity contribution in [1.29, 1.82) is 0 Å². The molecule has 0 aliphatic rings. The van der Waals surface area contributed by atoms with E-state index in [1.807, 2.05) is 0 Å². The number of nitrogens with zero attached hydrogens (tertiary/aromatic N) is 1. The average Bonchev–Trinajstić information content (AvgIpc) is 2.90. The number of carbonyl (C=O) groups excluding carboxylic acids is 2. The Morgan fingerprint density at radius 2 is 1.61 bits per heavy atom. The Bertz CT molecular complexity index is 1620. The van der Waals surface area contributed by atoms with E-state index in [2.05, 4.69) is 5.32 Å². The first-order valence-electron chi connectivity index (χ1n) is 11.8. The number of benzene rings is 4. The number of hydrogen-bond donors (Lipinski definition) is 2. The van der Waals surface area contributed by atoms with E-state index in [9.17, 15) is 37.1 Å². The van der Waals surface area contributed by atoms with Gasteiger partial charge in [0.2, 0.25) is 0 Å². The standard InChI is InChI=1S/C29H19ClF4N2O5/c30-18-3-1-2-16(12-18)27(39)35-25-11-9-22(13-17(25)14-26(37)38)41-21-7-5-20(6-8-21)36(29(33)34)28(40)23-10-4-19(31)15-24(23)32/h1-13,15,29H,14H2,(H,35,39)(H,37,38). The first-order valence-corrected chi connectivity index (χ1v) is 12.2. The van der Waals surface area contributed by atoms with E-state index in [0.717, 1.165) is 24.3 Å². The molecule has 0 atom stereocenters. The third kappa shape index (κ3) is 7.20. The number of carboxylic acid groups (broad SMARTS) is 1. The number of aliphatic carboxylic acids is 1. The molecule has 0 saturated heterocycles. The monoisotopic (exact) mass is 586 g/mol. The number of amides is 2. The molecule has 0 aliphatic heterocycles. The van der Waals surface area contributed by atoms with Crippen molar-refractivity contribution in [2.45, 2.75) is 13.0 Å². The zero-order valence-corrected chi connectivity index (χ0v) is 21.5. The third-order valence-corrected chi connectivity index (χ3v) is 5.91. The number of nitrogens with one attached hydrogen (secondary N) is 1. The van der Waals surface area contributed by atoms with Crippen LogP contribution in [-0.4, -0.2) is 29.4 Å². The Labute approximate surface area is 235 Å². The Kier molecular flexibility index (Phi) is 8.88. The Balaban J connectivity index is 1.54. The molecule has 0 saturated carbocycles. The summed E-state index contributed by atoms with van der Waals surface area (Å²) in [7, 11) is 0. The second-order valence-electron chi connectivity index (χ2n) is 8.53. The normalized spacial score (nSPS) is 10.8. The highest BCUT2D eigenvalue weighted by molar-refractivity contribution is 6.31. The first-order chi connectivity index (χ1) is 19.5. The fraction of sp³-hybridized carbons (Fsp3) is 0.0690. The Morgan fingerprint density at radius 3 is 2.24 bits per heavy atom. The fourth-order valence-electron chi connectivity index (χ4n) is 3.81. The predicted molar refractivity (Wildman–Crippen MR) is 143 cm³/mol. The van der Waals surface area contributed by atoms with Gasteiger partial charge in [0, 0.05) is 28.0 Å². The summed E-state index contributed by atoms with van der Waals surface area (Å²) in [5.41, 5.74) is -0.318. The van der Waals surface area contributed by atoms with Gasteiger partial charge in [0.15, 0.2) is 0 Å². The van der Waals surface area contributed by atoms with Gasteiger partial charge in [-0.05, 0) is 78.4 Å². The van der Waals surface area contributed by atoms with Crippen molar-refractivity contribution in [3.63, 3.8) is 0 Å². The number of carboxylic acids is 1. The average molecular weight is 587 g/mol. The molecule has 0 aliphatic carbocycles. The molecule has 7 nitrogen and oxygen atoms in total. The molecule has 2 N–H and O–H groups in total. The highest BCUT2D eigenvalue weighted by Gasteiger charge is 2.28. The van der Waals surface area contributed by atoms with Crippen molar-refractivity contribution in [2.24, 2.45) is 0 Å². The summed E-state index contributed by atoms with van der Waals surface area (Å²) in [4.78, 5) is 36.7. The van der Waals surface area contributed by atoms with Crippen LogP contribution < -0.4 is 15.0 Å². The van der Waals surface area contributed by atoms with Gasteiger partial charge >= 0.3 is 12.5 Å². The van der Waals surface area contributed by atoms with E-state index in [0.29, 0.717) is 11.1 Å². The number of ether oxygens (including phenoxy) is 1. The molecule has 41 heavy (non-hydrogen) atoms. The SMILES string of the molecule is O=C(O)Cc1cc(Oc2ccc(N(C(=O)c3ccc(F)cc3F)C(F)F)cc2)ccc1NC(=O)c1cccc(Cl)c1. The highest BCUT2D eigenvalue weighted by Crippen LogP contribution is 2.30. The maximum absolute atomic E-state index is 14.0. The quantitative estimate of drug-likeness (QED) is 0.160. The maximum Gasteiger partial charge on any atom is 0.321 e. The maximum atomic E-state index is 14.0. The van der Waals surface area contributed by atoms with E-state index in [-0.39, 0.29) is 38.9 Å². The first kappa shape index (κ1) is 29.1. The number of alkyl halides is 2. The molecule has 4 aromatic rings. The molecule has 2 amide bonds. The second-order valence-corrected chi connectivity index (χ2v) is 8.96. The minimum absolute atomic E-state index is 0.0441. The van der Waals surface area contributed by atoms with Crippen molar-refractivity contribution < 1.29 is 41.8 Å². The topological polar surface area (TPSA) is 95.9 Å². The van der Waals surface area contributed by atoms with E-state index in [1.54, 1.807) is 12.1 Å². The highest BCUT2D eigenvalue weighted by atomic mass is 35.5. The van der Waals surface area contributed by atoms with Crippen LogP contribution in [0.25, 0.3) is 0 Å². The van der Waals surface area contributed by atoms with Crippen molar-refractivity contribution in [2.75, 3.05) is 10.2 Å². The molecule has 0 heterocycles. The van der Waals surface area contributed by atoms with Gasteiger partial charge in [-0.2, -0.15) is 8.78 Å². The minimum Gasteiger partial charge on any atom is -0.481 e. The molecule has 12 heteroatoms. The third-order valence-electron chi connectivity index (χ3n) is 5.68. The van der Waals surface area contributed by atoms with Crippen LogP contribution >= 0.6 is 11.6 Å². The summed E-state index contributed by atoms with van der Waals surface area (Å²) in [6, 6.07) is 17.3. The Hall–Kier alpha value is -4.90. The van der Waals surface area contributed by atoms with E-state index >= 15 is 0 Å². The van der Waals surface area contributed by atoms with Gasteiger partial charge in [-0.15, -0.1) is 0 Å². The smallest absolute Gasteiger partial charge is 0.321 e. The van der Waals surface area contributed by atoms with Gasteiger partial charge in [0.1, 0.15) is 23.1 Å². The number of halogens is 5. The largest absolute Gasteiger partial charge is 0.481 e. The molecular formula is C29H19ClF4N2O5.